The largest absolute Gasteiger partial charge is 0.0993 e. The van der Waals surface area contributed by atoms with Crippen molar-refractivity contribution in [3.8, 4) is 11.1 Å². The lowest BCUT2D eigenvalue weighted by molar-refractivity contribution is 0.474. The molecule has 0 spiro atoms. The average Bonchev–Trinajstić information content (AvgIpc) is 2.60. The van der Waals surface area contributed by atoms with E-state index in [-0.39, 0.29) is 10.8 Å². The Hall–Kier alpha value is -1.82. The van der Waals surface area contributed by atoms with Crippen molar-refractivity contribution in [2.75, 3.05) is 0 Å². The molecule has 0 atom stereocenters. The Morgan fingerprint density at radius 1 is 0.704 bits per heavy atom. The zero-order chi connectivity index (χ0) is 20.1. The van der Waals surface area contributed by atoms with Crippen molar-refractivity contribution in [1.29, 1.82) is 0 Å². The number of unbranched alkanes of at least 4 members (excludes halogenated alkanes) is 2. The SMILES string of the molecule is C=C(CCCCCc1ccc(-c2ccc(C(C)(C)C)cc2)cc1)C(C)(C)C. The van der Waals surface area contributed by atoms with Gasteiger partial charge in [-0.3, -0.25) is 0 Å². The van der Waals surface area contributed by atoms with Gasteiger partial charge in [-0.05, 0) is 58.8 Å². The van der Waals surface area contributed by atoms with E-state index in [0.29, 0.717) is 0 Å². The summed E-state index contributed by atoms with van der Waals surface area (Å²) in [5, 5.41) is 0. The molecule has 0 aliphatic rings. The topological polar surface area (TPSA) is 0 Å². The lowest BCUT2D eigenvalue weighted by atomic mass is 9.84. The van der Waals surface area contributed by atoms with Crippen molar-refractivity contribution in [2.45, 2.75) is 79.1 Å². The Kier molecular flexibility index (Phi) is 7.09. The summed E-state index contributed by atoms with van der Waals surface area (Å²) in [5.74, 6) is 0. The summed E-state index contributed by atoms with van der Waals surface area (Å²) in [5.41, 5.74) is 7.28. The van der Waals surface area contributed by atoms with Crippen LogP contribution in [0.25, 0.3) is 11.1 Å². The first kappa shape index (κ1) is 21.5. The number of hydrogen-bond acceptors (Lipinski definition) is 0. The lowest BCUT2D eigenvalue weighted by Gasteiger charge is -2.21. The van der Waals surface area contributed by atoms with Gasteiger partial charge in [0, 0.05) is 0 Å². The van der Waals surface area contributed by atoms with E-state index in [2.05, 4.69) is 96.7 Å². The number of benzene rings is 2. The van der Waals surface area contributed by atoms with E-state index in [4.69, 9.17) is 0 Å². The van der Waals surface area contributed by atoms with E-state index in [1.165, 1.54) is 53.5 Å². The highest BCUT2D eigenvalue weighted by atomic mass is 14.2. The summed E-state index contributed by atoms with van der Waals surface area (Å²) in [6.45, 7) is 17.8. The molecule has 0 fully saturated rings. The monoisotopic (exact) mass is 362 g/mol. The molecule has 0 nitrogen and oxygen atoms in total. The highest BCUT2D eigenvalue weighted by Gasteiger charge is 2.14. The Morgan fingerprint density at radius 2 is 1.22 bits per heavy atom. The minimum Gasteiger partial charge on any atom is -0.0993 e. The fourth-order valence-corrected chi connectivity index (χ4v) is 3.25. The molecule has 0 aliphatic carbocycles. The fraction of sp³-hybridized carbons (Fsp3) is 0.481. The van der Waals surface area contributed by atoms with Crippen molar-refractivity contribution in [1.82, 2.24) is 0 Å². The first-order valence-corrected chi connectivity index (χ1v) is 10.5. The normalized spacial score (nSPS) is 12.2. The van der Waals surface area contributed by atoms with Gasteiger partial charge >= 0.3 is 0 Å². The number of allylic oxidation sites excluding steroid dienone is 1. The molecule has 0 amide bonds. The number of rotatable bonds is 7. The molecule has 0 N–H and O–H groups in total. The Balaban J connectivity index is 1.82. The van der Waals surface area contributed by atoms with Crippen LogP contribution in [0, 0.1) is 5.41 Å². The van der Waals surface area contributed by atoms with Gasteiger partial charge in [-0.15, -0.1) is 0 Å². The first-order valence-electron chi connectivity index (χ1n) is 10.5. The van der Waals surface area contributed by atoms with Crippen LogP contribution in [-0.4, -0.2) is 0 Å². The van der Waals surface area contributed by atoms with E-state index in [1.54, 1.807) is 0 Å². The Morgan fingerprint density at radius 3 is 1.70 bits per heavy atom. The zero-order valence-corrected chi connectivity index (χ0v) is 18.4. The van der Waals surface area contributed by atoms with Crippen molar-refractivity contribution in [3.05, 3.63) is 71.8 Å². The maximum Gasteiger partial charge on any atom is -0.0132 e. The van der Waals surface area contributed by atoms with Crippen LogP contribution < -0.4 is 0 Å². The standard InChI is InChI=1S/C27H38/c1-21(26(2,3)4)11-9-8-10-12-22-13-15-23(16-14-22)24-17-19-25(20-18-24)27(5,6)7/h13-20H,1,8-12H2,2-7H3. The van der Waals surface area contributed by atoms with Crippen LogP contribution in [0.15, 0.2) is 60.7 Å². The quantitative estimate of drug-likeness (QED) is 0.343. The molecule has 2 aromatic carbocycles. The van der Waals surface area contributed by atoms with Gasteiger partial charge in [0.1, 0.15) is 0 Å². The van der Waals surface area contributed by atoms with Gasteiger partial charge < -0.3 is 0 Å². The first-order chi connectivity index (χ1) is 12.6. The second kappa shape index (κ2) is 8.91. The highest BCUT2D eigenvalue weighted by molar-refractivity contribution is 5.64. The van der Waals surface area contributed by atoms with Gasteiger partial charge in [0.2, 0.25) is 0 Å². The van der Waals surface area contributed by atoms with Crippen molar-refractivity contribution < 1.29 is 0 Å². The molecule has 0 heteroatoms. The molecule has 2 aromatic rings. The van der Waals surface area contributed by atoms with Crippen LogP contribution in [0.2, 0.25) is 0 Å². The summed E-state index contributed by atoms with van der Waals surface area (Å²) in [4.78, 5) is 0. The maximum atomic E-state index is 4.24. The minimum absolute atomic E-state index is 0.210. The molecule has 0 aromatic heterocycles. The van der Waals surface area contributed by atoms with Crippen molar-refractivity contribution in [3.63, 3.8) is 0 Å². The van der Waals surface area contributed by atoms with Gasteiger partial charge in [-0.25, -0.2) is 0 Å². The van der Waals surface area contributed by atoms with E-state index in [1.807, 2.05) is 0 Å². The Bertz CT molecular complexity index is 716. The molecule has 27 heavy (non-hydrogen) atoms. The van der Waals surface area contributed by atoms with Crippen molar-refractivity contribution >= 4 is 0 Å². The third-order valence-electron chi connectivity index (χ3n) is 5.54. The summed E-state index contributed by atoms with van der Waals surface area (Å²) in [7, 11) is 0. The molecule has 0 aliphatic heterocycles. The van der Waals surface area contributed by atoms with E-state index in [9.17, 15) is 0 Å². The molecule has 146 valence electrons. The number of hydrogen-bond donors (Lipinski definition) is 0. The van der Waals surface area contributed by atoms with E-state index in [0.717, 1.165) is 6.42 Å². The minimum atomic E-state index is 0.210. The van der Waals surface area contributed by atoms with E-state index < -0.39 is 0 Å². The second-order valence-electron chi connectivity index (χ2n) is 9.94. The van der Waals surface area contributed by atoms with E-state index >= 15 is 0 Å². The molecule has 0 saturated heterocycles. The van der Waals surface area contributed by atoms with Gasteiger partial charge in [0.15, 0.2) is 0 Å². The third kappa shape index (κ3) is 6.69. The lowest BCUT2D eigenvalue weighted by Crippen LogP contribution is -2.10. The highest BCUT2D eigenvalue weighted by Crippen LogP contribution is 2.28. The molecular weight excluding hydrogens is 324 g/mol. The van der Waals surface area contributed by atoms with Crippen LogP contribution in [0.3, 0.4) is 0 Å². The van der Waals surface area contributed by atoms with Crippen LogP contribution in [-0.2, 0) is 11.8 Å². The second-order valence-corrected chi connectivity index (χ2v) is 9.94. The molecule has 0 radical (unpaired) electrons. The van der Waals surface area contributed by atoms with Gasteiger partial charge in [-0.2, -0.15) is 0 Å². The fourth-order valence-electron chi connectivity index (χ4n) is 3.25. The summed E-state index contributed by atoms with van der Waals surface area (Å²) < 4.78 is 0. The summed E-state index contributed by atoms with van der Waals surface area (Å²) >= 11 is 0. The Labute approximate surface area is 167 Å². The van der Waals surface area contributed by atoms with Crippen LogP contribution in [0.4, 0.5) is 0 Å². The third-order valence-corrected chi connectivity index (χ3v) is 5.54. The average molecular weight is 363 g/mol. The predicted octanol–water partition coefficient (Wildman–Crippen LogP) is 8.36. The van der Waals surface area contributed by atoms with Crippen LogP contribution in [0.5, 0.6) is 0 Å². The molecule has 0 heterocycles. The maximum absolute atomic E-state index is 4.24. The van der Waals surface area contributed by atoms with Crippen LogP contribution in [0.1, 0.15) is 78.4 Å². The van der Waals surface area contributed by atoms with Gasteiger partial charge in [0.25, 0.3) is 0 Å². The molecule has 0 bridgehead atoms. The predicted molar refractivity (Wildman–Crippen MR) is 121 cm³/mol. The summed E-state index contributed by atoms with van der Waals surface area (Å²) in [6, 6.07) is 18.1. The molecular formula is C27H38. The van der Waals surface area contributed by atoms with Crippen LogP contribution >= 0.6 is 0 Å². The number of aryl methyl sites for hydroxylation is 1. The molecule has 2 rings (SSSR count). The molecule has 0 unspecified atom stereocenters. The van der Waals surface area contributed by atoms with Gasteiger partial charge in [-0.1, -0.05) is 109 Å². The van der Waals surface area contributed by atoms with Gasteiger partial charge in [0.05, 0.1) is 0 Å². The summed E-state index contributed by atoms with van der Waals surface area (Å²) in [6.07, 6.45) is 6.13. The smallest absolute Gasteiger partial charge is 0.0132 e. The molecule has 0 saturated carbocycles. The zero-order valence-electron chi connectivity index (χ0n) is 18.4. The van der Waals surface area contributed by atoms with Crippen molar-refractivity contribution in [2.24, 2.45) is 5.41 Å².